The van der Waals surface area contributed by atoms with Gasteiger partial charge in [0.2, 0.25) is 12.7 Å². The number of benzene rings is 3. The highest BCUT2D eigenvalue weighted by molar-refractivity contribution is 5.98. The second kappa shape index (κ2) is 8.87. The second-order valence-electron chi connectivity index (χ2n) is 9.25. The van der Waals surface area contributed by atoms with Gasteiger partial charge in [-0.2, -0.15) is 0 Å². The molecular formula is C28H26N2O6. The molecule has 0 aromatic heterocycles. The van der Waals surface area contributed by atoms with E-state index in [-0.39, 0.29) is 49.8 Å². The van der Waals surface area contributed by atoms with Gasteiger partial charge in [0.25, 0.3) is 5.91 Å². The van der Waals surface area contributed by atoms with Gasteiger partial charge in [-0.1, -0.05) is 36.4 Å². The number of carbonyl (C=O) groups excluding carboxylic acids is 2. The van der Waals surface area contributed by atoms with Crippen LogP contribution in [0.15, 0.2) is 66.7 Å². The third-order valence-corrected chi connectivity index (χ3v) is 7.38. The minimum atomic E-state index is -0.294. The normalized spacial score (nSPS) is 22.2. The van der Waals surface area contributed by atoms with Gasteiger partial charge in [-0.05, 0) is 47.0 Å². The van der Waals surface area contributed by atoms with Crippen LogP contribution >= 0.6 is 0 Å². The summed E-state index contributed by atoms with van der Waals surface area (Å²) in [6.45, 7) is 0.404. The Morgan fingerprint density at radius 1 is 1.00 bits per heavy atom. The van der Waals surface area contributed by atoms with Gasteiger partial charge in [0.1, 0.15) is 12.3 Å². The van der Waals surface area contributed by atoms with Crippen LogP contribution < -0.4 is 14.2 Å². The van der Waals surface area contributed by atoms with E-state index in [9.17, 15) is 14.7 Å². The number of methoxy groups -OCH3 is 1. The Morgan fingerprint density at radius 2 is 1.69 bits per heavy atom. The van der Waals surface area contributed by atoms with E-state index in [2.05, 4.69) is 12.1 Å². The molecule has 1 N–H and O–H groups in total. The fourth-order valence-electron chi connectivity index (χ4n) is 5.55. The number of ether oxygens (including phenoxy) is 3. The van der Waals surface area contributed by atoms with E-state index in [1.165, 1.54) is 0 Å². The van der Waals surface area contributed by atoms with E-state index in [1.807, 2.05) is 36.4 Å². The Hall–Kier alpha value is -4.04. The van der Waals surface area contributed by atoms with Crippen molar-refractivity contribution < 1.29 is 28.9 Å². The topological polar surface area (TPSA) is 88.5 Å². The highest BCUT2D eigenvalue weighted by Gasteiger charge is 2.54. The lowest BCUT2D eigenvalue weighted by Gasteiger charge is -2.58. The van der Waals surface area contributed by atoms with E-state index >= 15 is 0 Å². The first-order valence-electron chi connectivity index (χ1n) is 11.9. The number of fused-ring (bicyclic) bond motifs is 2. The average Bonchev–Trinajstić information content (AvgIpc) is 3.38. The van der Waals surface area contributed by atoms with Crippen molar-refractivity contribution in [3.05, 3.63) is 77.9 Å². The third kappa shape index (κ3) is 3.65. The summed E-state index contributed by atoms with van der Waals surface area (Å²) in [6, 6.07) is 20.7. The molecule has 6 rings (SSSR count). The molecule has 2 amide bonds. The highest BCUT2D eigenvalue weighted by Crippen LogP contribution is 2.43. The maximum atomic E-state index is 13.3. The van der Waals surface area contributed by atoms with Gasteiger partial charge in [0.05, 0.1) is 25.8 Å². The van der Waals surface area contributed by atoms with Crippen molar-refractivity contribution in [2.45, 2.75) is 18.0 Å². The van der Waals surface area contributed by atoms with Gasteiger partial charge in [-0.25, -0.2) is 0 Å². The molecule has 3 aromatic rings. The fraction of sp³-hybridized carbons (Fsp3) is 0.286. The Bertz CT molecular complexity index is 1310. The summed E-state index contributed by atoms with van der Waals surface area (Å²) in [7, 11) is 1.64. The Balaban J connectivity index is 1.22. The number of rotatable bonds is 5. The second-order valence-corrected chi connectivity index (χ2v) is 9.25. The number of carbonyl (C=O) groups is 2. The maximum Gasteiger partial charge on any atom is 0.254 e. The summed E-state index contributed by atoms with van der Waals surface area (Å²) in [4.78, 5) is 29.6. The largest absolute Gasteiger partial charge is 0.497 e. The summed E-state index contributed by atoms with van der Waals surface area (Å²) in [5.41, 5.74) is 3.64. The molecule has 0 unspecified atom stereocenters. The van der Waals surface area contributed by atoms with E-state index in [0.717, 1.165) is 22.4 Å². The number of aliphatic hydroxyl groups is 1. The maximum absolute atomic E-state index is 13.3. The number of nitrogens with zero attached hydrogens (tertiary/aromatic N) is 2. The van der Waals surface area contributed by atoms with Crippen LogP contribution in [0.3, 0.4) is 0 Å². The van der Waals surface area contributed by atoms with Crippen molar-refractivity contribution in [1.82, 2.24) is 9.80 Å². The average molecular weight is 487 g/mol. The van der Waals surface area contributed by atoms with Crippen LogP contribution in [0.4, 0.5) is 0 Å². The Labute approximate surface area is 208 Å². The molecule has 2 fully saturated rings. The number of hydrogen-bond acceptors (Lipinski definition) is 6. The van der Waals surface area contributed by atoms with Crippen LogP contribution in [-0.4, -0.2) is 72.4 Å². The van der Waals surface area contributed by atoms with Crippen LogP contribution in [-0.2, 0) is 4.79 Å². The van der Waals surface area contributed by atoms with Crippen LogP contribution in [0, 0.1) is 0 Å². The predicted octanol–water partition coefficient (Wildman–Crippen LogP) is 2.90. The van der Waals surface area contributed by atoms with Crippen LogP contribution in [0.1, 0.15) is 21.8 Å². The number of aliphatic hydroxyl groups excluding tert-OH is 1. The molecule has 0 aliphatic carbocycles. The minimum Gasteiger partial charge on any atom is -0.497 e. The smallest absolute Gasteiger partial charge is 0.254 e. The standard InChI is InChI=1S/C28H26N2O6/c1-34-21-9-6-18(7-10-21)17-2-4-19(5-3-17)27-22-13-29(14-26(32)30(22)23(27)15-31)28(33)20-8-11-24-25(12-20)36-16-35-24/h2-12,22-23,27,31H,13-16H2,1H3/t22-,23-,27+/m1/s1. The van der Waals surface area contributed by atoms with E-state index in [1.54, 1.807) is 35.1 Å². The van der Waals surface area contributed by atoms with Crippen LogP contribution in [0.2, 0.25) is 0 Å². The van der Waals surface area contributed by atoms with Crippen molar-refractivity contribution in [2.75, 3.05) is 33.6 Å². The zero-order valence-corrected chi connectivity index (χ0v) is 19.8. The molecule has 3 heterocycles. The van der Waals surface area contributed by atoms with E-state index in [0.29, 0.717) is 23.6 Å². The van der Waals surface area contributed by atoms with Crippen molar-refractivity contribution in [1.29, 1.82) is 0 Å². The lowest BCUT2D eigenvalue weighted by molar-refractivity contribution is -0.159. The zero-order valence-electron chi connectivity index (χ0n) is 19.8. The number of piperazine rings is 1. The molecule has 3 aromatic carbocycles. The van der Waals surface area contributed by atoms with Gasteiger partial charge in [-0.15, -0.1) is 0 Å². The van der Waals surface area contributed by atoms with Crippen molar-refractivity contribution in [3.63, 3.8) is 0 Å². The molecule has 0 bridgehead atoms. The zero-order chi connectivity index (χ0) is 24.8. The first-order chi connectivity index (χ1) is 17.6. The Kier molecular flexibility index (Phi) is 5.53. The van der Waals surface area contributed by atoms with E-state index < -0.39 is 0 Å². The van der Waals surface area contributed by atoms with Gasteiger partial charge in [0, 0.05) is 18.0 Å². The summed E-state index contributed by atoms with van der Waals surface area (Å²) in [5.74, 6) is 1.52. The molecule has 0 spiro atoms. The first-order valence-corrected chi connectivity index (χ1v) is 11.9. The number of hydrogen-bond donors (Lipinski definition) is 1. The molecule has 0 saturated carbocycles. The minimum absolute atomic E-state index is 0.0105. The molecular weight excluding hydrogens is 460 g/mol. The predicted molar refractivity (Wildman–Crippen MR) is 131 cm³/mol. The molecule has 8 nitrogen and oxygen atoms in total. The molecule has 3 atom stereocenters. The van der Waals surface area contributed by atoms with Gasteiger partial charge < -0.3 is 29.1 Å². The monoisotopic (exact) mass is 486 g/mol. The van der Waals surface area contributed by atoms with Crippen molar-refractivity contribution in [2.24, 2.45) is 0 Å². The van der Waals surface area contributed by atoms with Crippen molar-refractivity contribution >= 4 is 11.8 Å². The Morgan fingerprint density at radius 3 is 2.39 bits per heavy atom. The fourth-order valence-corrected chi connectivity index (χ4v) is 5.55. The van der Waals surface area contributed by atoms with E-state index in [4.69, 9.17) is 14.2 Å². The van der Waals surface area contributed by atoms with Crippen LogP contribution in [0.5, 0.6) is 17.2 Å². The van der Waals surface area contributed by atoms with Crippen LogP contribution in [0.25, 0.3) is 11.1 Å². The summed E-state index contributed by atoms with van der Waals surface area (Å²) in [5, 5.41) is 10.1. The highest BCUT2D eigenvalue weighted by atomic mass is 16.7. The lowest BCUT2D eigenvalue weighted by Crippen LogP contribution is -2.73. The summed E-state index contributed by atoms with van der Waals surface area (Å²) < 4.78 is 16.0. The van der Waals surface area contributed by atoms with Crippen molar-refractivity contribution in [3.8, 4) is 28.4 Å². The molecule has 0 radical (unpaired) electrons. The lowest BCUT2D eigenvalue weighted by atomic mass is 9.73. The summed E-state index contributed by atoms with van der Waals surface area (Å²) >= 11 is 0. The van der Waals surface area contributed by atoms with Gasteiger partial charge in [-0.3, -0.25) is 9.59 Å². The SMILES string of the molecule is COc1ccc(-c2ccc([C@@H]3[C@@H](CO)N4C(=O)CN(C(=O)c5ccc6c(c5)OCO6)C[C@H]34)cc2)cc1. The first kappa shape index (κ1) is 22.4. The quantitative estimate of drug-likeness (QED) is 0.597. The third-order valence-electron chi connectivity index (χ3n) is 7.38. The van der Waals surface area contributed by atoms with Gasteiger partial charge in [0.15, 0.2) is 11.5 Å². The molecule has 3 aliphatic rings. The molecule has 184 valence electrons. The summed E-state index contributed by atoms with van der Waals surface area (Å²) in [6.07, 6.45) is 0. The van der Waals surface area contributed by atoms with Gasteiger partial charge >= 0.3 is 0 Å². The molecule has 2 saturated heterocycles. The molecule has 3 aliphatic heterocycles. The molecule has 36 heavy (non-hydrogen) atoms. The number of amides is 2. The molecule has 8 heteroatoms.